The van der Waals surface area contributed by atoms with Crippen LogP contribution in [0.4, 0.5) is 4.39 Å². The van der Waals surface area contributed by atoms with Gasteiger partial charge < -0.3 is 10.8 Å². The molecule has 0 aliphatic rings. The monoisotopic (exact) mass is 225 g/mol. The second-order valence-electron chi connectivity index (χ2n) is 4.40. The summed E-state index contributed by atoms with van der Waals surface area (Å²) in [6.07, 6.45) is 0.217. The molecule has 0 fully saturated rings. The lowest BCUT2D eigenvalue weighted by atomic mass is 9.89. The summed E-state index contributed by atoms with van der Waals surface area (Å²) in [6, 6.07) is 3.98. The lowest BCUT2D eigenvalue weighted by Crippen LogP contribution is -2.32. The summed E-state index contributed by atoms with van der Waals surface area (Å²) >= 11 is 0. The van der Waals surface area contributed by atoms with E-state index < -0.39 is 12.1 Å². The van der Waals surface area contributed by atoms with Gasteiger partial charge in [-0.2, -0.15) is 0 Å². The van der Waals surface area contributed by atoms with Crippen LogP contribution in [0.25, 0.3) is 0 Å². The average Bonchev–Trinajstić information content (AvgIpc) is 2.29. The van der Waals surface area contributed by atoms with E-state index in [2.05, 4.69) is 0 Å². The van der Waals surface area contributed by atoms with Gasteiger partial charge in [-0.05, 0) is 36.1 Å². The summed E-state index contributed by atoms with van der Waals surface area (Å²) in [7, 11) is 0. The van der Waals surface area contributed by atoms with Crippen molar-refractivity contribution in [2.24, 2.45) is 11.7 Å². The van der Waals surface area contributed by atoms with Gasteiger partial charge in [-0.25, -0.2) is 4.39 Å². The zero-order valence-electron chi connectivity index (χ0n) is 10.1. The standard InChI is InChI=1S/C13H20FNO/c1-4-8(2)13(16)12(15)11-7-10(14)6-5-9(11)3/h5-8,12-13,16H,4,15H2,1-3H3/t8?,12-,13+/m1/s1. The smallest absolute Gasteiger partial charge is 0.123 e. The van der Waals surface area contributed by atoms with Crippen LogP contribution in [-0.4, -0.2) is 11.2 Å². The number of aliphatic hydroxyl groups excluding tert-OH is 1. The van der Waals surface area contributed by atoms with E-state index in [0.29, 0.717) is 5.56 Å². The van der Waals surface area contributed by atoms with Crippen molar-refractivity contribution in [3.8, 4) is 0 Å². The first-order chi connectivity index (χ1) is 7.47. The van der Waals surface area contributed by atoms with Crippen molar-refractivity contribution >= 4 is 0 Å². The topological polar surface area (TPSA) is 46.2 Å². The van der Waals surface area contributed by atoms with E-state index in [-0.39, 0.29) is 11.7 Å². The van der Waals surface area contributed by atoms with E-state index in [1.165, 1.54) is 12.1 Å². The van der Waals surface area contributed by atoms with Gasteiger partial charge in [0.25, 0.3) is 0 Å². The van der Waals surface area contributed by atoms with Gasteiger partial charge in [-0.1, -0.05) is 26.3 Å². The molecule has 0 saturated carbocycles. The van der Waals surface area contributed by atoms with E-state index in [1.807, 2.05) is 20.8 Å². The molecule has 0 aromatic heterocycles. The van der Waals surface area contributed by atoms with Crippen molar-refractivity contribution < 1.29 is 9.50 Å². The fourth-order valence-corrected chi connectivity index (χ4v) is 1.75. The summed E-state index contributed by atoms with van der Waals surface area (Å²) in [5, 5.41) is 10.0. The Morgan fingerprint density at radius 3 is 2.62 bits per heavy atom. The van der Waals surface area contributed by atoms with Crippen LogP contribution in [-0.2, 0) is 0 Å². The van der Waals surface area contributed by atoms with Crippen molar-refractivity contribution in [3.05, 3.63) is 35.1 Å². The minimum absolute atomic E-state index is 0.109. The van der Waals surface area contributed by atoms with Crippen LogP contribution in [0.3, 0.4) is 0 Å². The van der Waals surface area contributed by atoms with Gasteiger partial charge in [0.1, 0.15) is 5.82 Å². The zero-order chi connectivity index (χ0) is 12.3. The highest BCUT2D eigenvalue weighted by molar-refractivity contribution is 5.30. The molecule has 1 unspecified atom stereocenters. The van der Waals surface area contributed by atoms with E-state index in [0.717, 1.165) is 12.0 Å². The first-order valence-corrected chi connectivity index (χ1v) is 5.67. The molecular weight excluding hydrogens is 205 g/mol. The Morgan fingerprint density at radius 1 is 1.44 bits per heavy atom. The number of hydrogen-bond donors (Lipinski definition) is 2. The van der Waals surface area contributed by atoms with Crippen LogP contribution in [0.1, 0.15) is 37.4 Å². The van der Waals surface area contributed by atoms with Crippen LogP contribution in [0, 0.1) is 18.7 Å². The van der Waals surface area contributed by atoms with Gasteiger partial charge in [-0.3, -0.25) is 0 Å². The molecule has 1 aromatic rings. The summed E-state index contributed by atoms with van der Waals surface area (Å²) in [5.74, 6) is -0.204. The quantitative estimate of drug-likeness (QED) is 0.827. The van der Waals surface area contributed by atoms with E-state index in [4.69, 9.17) is 5.73 Å². The number of benzene rings is 1. The minimum Gasteiger partial charge on any atom is -0.391 e. The van der Waals surface area contributed by atoms with Crippen molar-refractivity contribution in [2.45, 2.75) is 39.3 Å². The molecule has 0 bridgehead atoms. The third-order valence-corrected chi connectivity index (χ3v) is 3.20. The van der Waals surface area contributed by atoms with Crippen molar-refractivity contribution in [1.29, 1.82) is 0 Å². The maximum Gasteiger partial charge on any atom is 0.123 e. The third kappa shape index (κ3) is 2.80. The fraction of sp³-hybridized carbons (Fsp3) is 0.538. The largest absolute Gasteiger partial charge is 0.391 e. The summed E-state index contributed by atoms with van der Waals surface area (Å²) in [5.41, 5.74) is 7.57. The summed E-state index contributed by atoms with van der Waals surface area (Å²) < 4.78 is 13.1. The number of halogens is 1. The van der Waals surface area contributed by atoms with Crippen LogP contribution < -0.4 is 5.73 Å². The molecule has 0 spiro atoms. The molecule has 1 aromatic carbocycles. The van der Waals surface area contributed by atoms with Crippen LogP contribution in [0.5, 0.6) is 0 Å². The molecule has 3 N–H and O–H groups in total. The third-order valence-electron chi connectivity index (χ3n) is 3.20. The van der Waals surface area contributed by atoms with Gasteiger partial charge in [0, 0.05) is 0 Å². The predicted octanol–water partition coefficient (Wildman–Crippen LogP) is 2.54. The van der Waals surface area contributed by atoms with Crippen LogP contribution in [0.2, 0.25) is 0 Å². The molecule has 0 aliphatic carbocycles. The molecule has 0 radical (unpaired) electrons. The lowest BCUT2D eigenvalue weighted by molar-refractivity contribution is 0.0877. The number of rotatable bonds is 4. The van der Waals surface area contributed by atoms with Gasteiger partial charge >= 0.3 is 0 Å². The Morgan fingerprint density at radius 2 is 2.06 bits per heavy atom. The Balaban J connectivity index is 2.95. The molecule has 2 nitrogen and oxygen atoms in total. The number of nitrogens with two attached hydrogens (primary N) is 1. The molecular formula is C13H20FNO. The summed E-state index contributed by atoms with van der Waals surface area (Å²) in [6.45, 7) is 5.82. The normalized spacial score (nSPS) is 16.9. The van der Waals surface area contributed by atoms with Crippen molar-refractivity contribution in [3.63, 3.8) is 0 Å². The molecule has 0 aliphatic heterocycles. The number of hydrogen-bond acceptors (Lipinski definition) is 2. The van der Waals surface area contributed by atoms with Crippen LogP contribution >= 0.6 is 0 Å². The molecule has 0 saturated heterocycles. The maximum absolute atomic E-state index is 13.1. The Bertz CT molecular complexity index is 354. The SMILES string of the molecule is CCC(C)[C@H](O)[C@H](N)c1cc(F)ccc1C. The molecule has 1 rings (SSSR count). The molecule has 3 atom stereocenters. The average molecular weight is 225 g/mol. The van der Waals surface area contributed by atoms with Gasteiger partial charge in [0.2, 0.25) is 0 Å². The van der Waals surface area contributed by atoms with Crippen molar-refractivity contribution in [2.75, 3.05) is 0 Å². The molecule has 0 heterocycles. The first kappa shape index (κ1) is 13.1. The van der Waals surface area contributed by atoms with E-state index >= 15 is 0 Å². The van der Waals surface area contributed by atoms with Gasteiger partial charge in [0.15, 0.2) is 0 Å². The zero-order valence-corrected chi connectivity index (χ0v) is 10.1. The second kappa shape index (κ2) is 5.41. The number of aryl methyl sites for hydroxylation is 1. The van der Waals surface area contributed by atoms with Gasteiger partial charge in [0.05, 0.1) is 12.1 Å². The molecule has 0 amide bonds. The van der Waals surface area contributed by atoms with Gasteiger partial charge in [-0.15, -0.1) is 0 Å². The minimum atomic E-state index is -0.634. The highest BCUT2D eigenvalue weighted by Crippen LogP contribution is 2.24. The number of aliphatic hydroxyl groups is 1. The first-order valence-electron chi connectivity index (χ1n) is 5.67. The molecule has 16 heavy (non-hydrogen) atoms. The van der Waals surface area contributed by atoms with Crippen LogP contribution in [0.15, 0.2) is 18.2 Å². The highest BCUT2D eigenvalue weighted by Gasteiger charge is 2.23. The lowest BCUT2D eigenvalue weighted by Gasteiger charge is -2.25. The second-order valence-corrected chi connectivity index (χ2v) is 4.40. The Hall–Kier alpha value is -0.930. The molecule has 90 valence electrons. The predicted molar refractivity (Wildman–Crippen MR) is 63.5 cm³/mol. The van der Waals surface area contributed by atoms with E-state index in [1.54, 1.807) is 6.07 Å². The Kier molecular flexibility index (Phi) is 4.44. The molecule has 3 heteroatoms. The highest BCUT2D eigenvalue weighted by atomic mass is 19.1. The fourth-order valence-electron chi connectivity index (χ4n) is 1.75. The Labute approximate surface area is 96.3 Å². The summed E-state index contributed by atoms with van der Waals surface area (Å²) in [4.78, 5) is 0. The van der Waals surface area contributed by atoms with Crippen molar-refractivity contribution in [1.82, 2.24) is 0 Å². The maximum atomic E-state index is 13.1. The van der Waals surface area contributed by atoms with E-state index in [9.17, 15) is 9.50 Å².